The van der Waals surface area contributed by atoms with Gasteiger partial charge in [0.15, 0.2) is 0 Å². The van der Waals surface area contributed by atoms with Crippen LogP contribution in [0, 0.1) is 11.3 Å². The maximum absolute atomic E-state index is 13.3. The fourth-order valence-corrected chi connectivity index (χ4v) is 6.37. The van der Waals surface area contributed by atoms with Crippen molar-refractivity contribution in [3.05, 3.63) is 59.9 Å². The van der Waals surface area contributed by atoms with E-state index in [1.165, 1.54) is 5.56 Å². The van der Waals surface area contributed by atoms with Gasteiger partial charge in [-0.1, -0.05) is 30.7 Å². The first-order chi connectivity index (χ1) is 18.6. The van der Waals surface area contributed by atoms with Gasteiger partial charge in [0, 0.05) is 25.0 Å². The minimum Gasteiger partial charge on any atom is -0.491 e. The second kappa shape index (κ2) is 12.7. The number of amides is 2. The summed E-state index contributed by atoms with van der Waals surface area (Å²) in [6.07, 6.45) is 10.5. The molecule has 7 nitrogen and oxygen atoms in total. The molecule has 0 saturated carbocycles. The highest BCUT2D eigenvalue weighted by molar-refractivity contribution is 5.83. The van der Waals surface area contributed by atoms with Gasteiger partial charge in [0.1, 0.15) is 12.4 Å². The van der Waals surface area contributed by atoms with Crippen molar-refractivity contribution < 1.29 is 14.3 Å². The number of hydrogen-bond donors (Lipinski definition) is 1. The van der Waals surface area contributed by atoms with Gasteiger partial charge in [-0.15, -0.1) is 0 Å². The standard InChI is InChI=1S/C31H42N4O3/c36-29(35-18-11-25(12-19-35)23-27-9-4-6-16-32-27)24-34-20-14-31(15-21-34)13-5-3-8-26-7-1-2-10-28(26)38-22-17-33-30(31)37/h1-2,4,6-7,9-10,16,25H,3,5,8,11-15,17-24H2,(H,33,37). The van der Waals surface area contributed by atoms with Crippen LogP contribution in [0.2, 0.25) is 0 Å². The predicted octanol–water partition coefficient (Wildman–Crippen LogP) is 3.87. The van der Waals surface area contributed by atoms with E-state index >= 15 is 0 Å². The molecule has 204 valence electrons. The molecule has 1 aromatic heterocycles. The third-order valence-electron chi connectivity index (χ3n) is 8.81. The summed E-state index contributed by atoms with van der Waals surface area (Å²) in [6.45, 7) is 4.74. The summed E-state index contributed by atoms with van der Waals surface area (Å²) in [5.41, 5.74) is 2.07. The molecule has 0 radical (unpaired) electrons. The van der Waals surface area contributed by atoms with Crippen LogP contribution < -0.4 is 10.1 Å². The number of benzene rings is 1. The monoisotopic (exact) mass is 518 g/mol. The first-order valence-corrected chi connectivity index (χ1v) is 14.5. The number of nitrogens with zero attached hydrogens (tertiary/aromatic N) is 3. The second-order valence-electron chi connectivity index (χ2n) is 11.3. The number of carbonyl (C=O) groups is 2. The highest BCUT2D eigenvalue weighted by Crippen LogP contribution is 2.38. The van der Waals surface area contributed by atoms with Gasteiger partial charge in [-0.2, -0.15) is 0 Å². The van der Waals surface area contributed by atoms with Crippen LogP contribution in [0.4, 0.5) is 0 Å². The third-order valence-corrected chi connectivity index (χ3v) is 8.81. The molecular formula is C31H42N4O3. The van der Waals surface area contributed by atoms with Gasteiger partial charge in [0.25, 0.3) is 0 Å². The molecule has 2 aromatic rings. The summed E-state index contributed by atoms with van der Waals surface area (Å²) in [6, 6.07) is 14.3. The van der Waals surface area contributed by atoms with Gasteiger partial charge in [0.2, 0.25) is 11.8 Å². The lowest BCUT2D eigenvalue weighted by Gasteiger charge is -2.41. The minimum atomic E-state index is -0.331. The molecule has 0 aliphatic carbocycles. The Morgan fingerprint density at radius 3 is 2.58 bits per heavy atom. The van der Waals surface area contributed by atoms with Crippen LogP contribution in [0.3, 0.4) is 0 Å². The molecule has 2 saturated heterocycles. The molecule has 1 aromatic carbocycles. The van der Waals surface area contributed by atoms with Gasteiger partial charge in [-0.05, 0) is 94.1 Å². The van der Waals surface area contributed by atoms with Crippen molar-refractivity contribution in [2.45, 2.75) is 57.8 Å². The zero-order valence-corrected chi connectivity index (χ0v) is 22.6. The number of fused-ring (bicyclic) bond motifs is 1. The van der Waals surface area contributed by atoms with Crippen LogP contribution in [-0.2, 0) is 22.4 Å². The Labute approximate surface area is 226 Å². The molecule has 2 fully saturated rings. The fourth-order valence-electron chi connectivity index (χ4n) is 6.37. The summed E-state index contributed by atoms with van der Waals surface area (Å²) in [5, 5.41) is 3.16. The molecule has 7 heteroatoms. The number of rotatable bonds is 4. The second-order valence-corrected chi connectivity index (χ2v) is 11.3. The zero-order chi connectivity index (χ0) is 26.2. The van der Waals surface area contributed by atoms with E-state index in [1.54, 1.807) is 0 Å². The number of para-hydroxylation sites is 1. The zero-order valence-electron chi connectivity index (χ0n) is 22.6. The third kappa shape index (κ3) is 6.73. The molecule has 4 heterocycles. The van der Waals surface area contributed by atoms with Gasteiger partial charge < -0.3 is 15.0 Å². The summed E-state index contributed by atoms with van der Waals surface area (Å²) in [7, 11) is 0. The normalized spacial score (nSPS) is 21.5. The average molecular weight is 519 g/mol. The van der Waals surface area contributed by atoms with Crippen molar-refractivity contribution in [3.8, 4) is 5.75 Å². The molecular weight excluding hydrogens is 476 g/mol. The first-order valence-electron chi connectivity index (χ1n) is 14.5. The quantitative estimate of drug-likeness (QED) is 0.665. The number of carbonyl (C=O) groups excluding carboxylic acids is 2. The number of piperidine rings is 2. The van der Waals surface area contributed by atoms with E-state index in [0.717, 1.165) is 95.4 Å². The number of pyridine rings is 1. The van der Waals surface area contributed by atoms with Crippen molar-refractivity contribution in [1.29, 1.82) is 0 Å². The van der Waals surface area contributed by atoms with E-state index in [1.807, 2.05) is 35.4 Å². The molecule has 3 aliphatic rings. The Morgan fingerprint density at radius 1 is 1.00 bits per heavy atom. The van der Waals surface area contributed by atoms with Gasteiger partial charge in [0.05, 0.1) is 18.5 Å². The number of ether oxygens (including phenoxy) is 1. The van der Waals surface area contributed by atoms with Crippen LogP contribution >= 0.6 is 0 Å². The summed E-state index contributed by atoms with van der Waals surface area (Å²) >= 11 is 0. The smallest absolute Gasteiger partial charge is 0.236 e. The lowest BCUT2D eigenvalue weighted by molar-refractivity contribution is -0.137. The number of aryl methyl sites for hydroxylation is 1. The van der Waals surface area contributed by atoms with E-state index < -0.39 is 0 Å². The Balaban J connectivity index is 1.09. The topological polar surface area (TPSA) is 74.8 Å². The van der Waals surface area contributed by atoms with Gasteiger partial charge >= 0.3 is 0 Å². The molecule has 2 amide bonds. The SMILES string of the molecule is O=C(CN1CCC2(CCCCc3ccccc3OCCNC2=O)CC1)N1CCC(Cc2ccccn2)CC1. The number of aromatic nitrogens is 1. The molecule has 0 bridgehead atoms. The summed E-state index contributed by atoms with van der Waals surface area (Å²) in [4.78, 5) is 35.2. The predicted molar refractivity (Wildman–Crippen MR) is 148 cm³/mol. The highest BCUT2D eigenvalue weighted by Gasteiger charge is 2.41. The number of likely N-dealkylation sites (tertiary alicyclic amines) is 2. The molecule has 1 spiro atoms. The molecule has 5 rings (SSSR count). The molecule has 3 aliphatic heterocycles. The molecule has 38 heavy (non-hydrogen) atoms. The van der Waals surface area contributed by atoms with Gasteiger partial charge in [-0.25, -0.2) is 0 Å². The minimum absolute atomic E-state index is 0.163. The van der Waals surface area contributed by atoms with Gasteiger partial charge in [-0.3, -0.25) is 19.5 Å². The fraction of sp³-hybridized carbons (Fsp3) is 0.581. The van der Waals surface area contributed by atoms with E-state index in [-0.39, 0.29) is 17.2 Å². The maximum atomic E-state index is 13.3. The van der Waals surface area contributed by atoms with Crippen molar-refractivity contribution >= 4 is 11.8 Å². The van der Waals surface area contributed by atoms with Crippen molar-refractivity contribution in [1.82, 2.24) is 20.1 Å². The summed E-state index contributed by atoms with van der Waals surface area (Å²) < 4.78 is 5.97. The Kier molecular flexibility index (Phi) is 8.94. The Bertz CT molecular complexity index is 1060. The van der Waals surface area contributed by atoms with Crippen LogP contribution in [0.15, 0.2) is 48.7 Å². The Morgan fingerprint density at radius 2 is 1.79 bits per heavy atom. The van der Waals surface area contributed by atoms with Crippen LogP contribution in [0.25, 0.3) is 0 Å². The highest BCUT2D eigenvalue weighted by atomic mass is 16.5. The van der Waals surface area contributed by atoms with E-state index in [9.17, 15) is 9.59 Å². The lowest BCUT2D eigenvalue weighted by Crippen LogP contribution is -2.52. The van der Waals surface area contributed by atoms with Crippen molar-refractivity contribution in [3.63, 3.8) is 0 Å². The van der Waals surface area contributed by atoms with E-state index in [2.05, 4.69) is 33.4 Å². The molecule has 0 atom stereocenters. The van der Waals surface area contributed by atoms with Crippen LogP contribution in [0.5, 0.6) is 5.75 Å². The van der Waals surface area contributed by atoms with Crippen molar-refractivity contribution in [2.75, 3.05) is 45.9 Å². The van der Waals surface area contributed by atoms with Crippen molar-refractivity contribution in [2.24, 2.45) is 11.3 Å². The Hall–Kier alpha value is -2.93. The largest absolute Gasteiger partial charge is 0.491 e. The summed E-state index contributed by atoms with van der Waals surface area (Å²) in [5.74, 6) is 1.93. The van der Waals surface area contributed by atoms with E-state index in [0.29, 0.717) is 25.6 Å². The molecule has 1 N–H and O–H groups in total. The number of nitrogens with one attached hydrogen (secondary N) is 1. The number of hydrogen-bond acceptors (Lipinski definition) is 5. The van der Waals surface area contributed by atoms with Crippen LogP contribution in [-0.4, -0.2) is 72.5 Å². The lowest BCUT2D eigenvalue weighted by atomic mass is 9.73. The van der Waals surface area contributed by atoms with E-state index in [4.69, 9.17) is 4.74 Å². The van der Waals surface area contributed by atoms with Crippen LogP contribution in [0.1, 0.15) is 56.2 Å². The molecule has 0 unspecified atom stereocenters. The first kappa shape index (κ1) is 26.7. The maximum Gasteiger partial charge on any atom is 0.236 e. The average Bonchev–Trinajstić information content (AvgIpc) is 2.95.